The van der Waals surface area contributed by atoms with Crippen LogP contribution in [0, 0.1) is 6.92 Å². The Kier molecular flexibility index (Phi) is 5.36. The Morgan fingerprint density at radius 1 is 1.07 bits per heavy atom. The van der Waals surface area contributed by atoms with Crippen LogP contribution in [0.1, 0.15) is 16.7 Å². The molecule has 0 radical (unpaired) electrons. The van der Waals surface area contributed by atoms with Gasteiger partial charge in [-0.1, -0.05) is 36.4 Å². The summed E-state index contributed by atoms with van der Waals surface area (Å²) in [5.74, 6) is -0.542. The first-order chi connectivity index (χ1) is 14.0. The predicted molar refractivity (Wildman–Crippen MR) is 114 cm³/mol. The van der Waals surface area contributed by atoms with Crippen molar-refractivity contribution < 1.29 is 9.21 Å². The fourth-order valence-corrected chi connectivity index (χ4v) is 3.91. The Bertz CT molecular complexity index is 1080. The third-order valence-corrected chi connectivity index (χ3v) is 5.50. The van der Waals surface area contributed by atoms with Gasteiger partial charge in [-0.05, 0) is 30.2 Å². The summed E-state index contributed by atoms with van der Waals surface area (Å²) in [6, 6.07) is 16.3. The number of fused-ring (bicyclic) bond motifs is 1. The number of primary amides is 1. The van der Waals surface area contributed by atoms with Crippen molar-refractivity contribution in [3.05, 3.63) is 75.6 Å². The van der Waals surface area contributed by atoms with Crippen LogP contribution in [0.4, 0.5) is 5.69 Å². The van der Waals surface area contributed by atoms with Crippen molar-refractivity contribution in [1.29, 1.82) is 0 Å². The lowest BCUT2D eigenvalue weighted by Crippen LogP contribution is -2.46. The van der Waals surface area contributed by atoms with Gasteiger partial charge in [-0.3, -0.25) is 9.69 Å². The van der Waals surface area contributed by atoms with Crippen molar-refractivity contribution in [1.82, 2.24) is 4.90 Å². The molecule has 0 atom stereocenters. The summed E-state index contributed by atoms with van der Waals surface area (Å²) >= 11 is 0. The lowest BCUT2D eigenvalue weighted by molar-refractivity contribution is -0.117. The molecular weight excluding hydrogens is 366 g/mol. The lowest BCUT2D eigenvalue weighted by atomic mass is 10.0. The van der Waals surface area contributed by atoms with Gasteiger partial charge in [0.1, 0.15) is 0 Å². The minimum Gasteiger partial charge on any atom is -0.420 e. The number of aryl methyl sites for hydroxylation is 1. The molecule has 4 rings (SSSR count). The molecule has 6 heteroatoms. The molecule has 1 fully saturated rings. The fourth-order valence-electron chi connectivity index (χ4n) is 3.91. The summed E-state index contributed by atoms with van der Waals surface area (Å²) in [7, 11) is 0. The number of nitrogens with zero attached hydrogens (tertiary/aromatic N) is 2. The first kappa shape index (κ1) is 19.2. The van der Waals surface area contributed by atoms with Crippen molar-refractivity contribution in [2.45, 2.75) is 19.9 Å². The quantitative estimate of drug-likeness (QED) is 0.676. The van der Waals surface area contributed by atoms with Gasteiger partial charge in [0.15, 0.2) is 5.58 Å². The Labute approximate surface area is 169 Å². The van der Waals surface area contributed by atoms with Gasteiger partial charge in [0.2, 0.25) is 5.91 Å². The summed E-state index contributed by atoms with van der Waals surface area (Å²) in [5, 5.41) is 0.852. The highest BCUT2D eigenvalue weighted by Gasteiger charge is 2.21. The van der Waals surface area contributed by atoms with Crippen LogP contribution >= 0.6 is 0 Å². The Morgan fingerprint density at radius 2 is 1.79 bits per heavy atom. The van der Waals surface area contributed by atoms with Gasteiger partial charge in [0.05, 0.1) is 12.1 Å². The molecule has 0 unspecified atom stereocenters. The number of benzene rings is 2. The number of nitrogens with two attached hydrogens (primary N) is 1. The molecule has 1 amide bonds. The first-order valence-corrected chi connectivity index (χ1v) is 9.87. The van der Waals surface area contributed by atoms with Gasteiger partial charge in [0, 0.05) is 43.7 Å². The van der Waals surface area contributed by atoms with E-state index in [1.54, 1.807) is 6.07 Å². The molecule has 1 aliphatic heterocycles. The highest BCUT2D eigenvalue weighted by molar-refractivity contribution is 5.92. The summed E-state index contributed by atoms with van der Waals surface area (Å²) < 4.78 is 5.66. The van der Waals surface area contributed by atoms with Crippen molar-refractivity contribution in [2.24, 2.45) is 5.73 Å². The second-order valence-corrected chi connectivity index (χ2v) is 7.60. The fraction of sp³-hybridized carbons (Fsp3) is 0.304. The van der Waals surface area contributed by atoms with Gasteiger partial charge in [-0.25, -0.2) is 4.79 Å². The number of amides is 1. The molecule has 29 heavy (non-hydrogen) atoms. The molecule has 0 bridgehead atoms. The molecule has 0 aliphatic carbocycles. The van der Waals surface area contributed by atoms with E-state index < -0.39 is 11.5 Å². The maximum absolute atomic E-state index is 12.4. The summed E-state index contributed by atoms with van der Waals surface area (Å²) in [6.07, 6.45) is -0.111. The molecule has 2 N–H and O–H groups in total. The Balaban J connectivity index is 1.57. The average molecular weight is 391 g/mol. The molecular formula is C23H25N3O3. The van der Waals surface area contributed by atoms with E-state index in [1.165, 1.54) is 5.56 Å². The van der Waals surface area contributed by atoms with Crippen LogP contribution in [-0.4, -0.2) is 37.0 Å². The van der Waals surface area contributed by atoms with Gasteiger partial charge in [-0.15, -0.1) is 0 Å². The molecule has 0 saturated carbocycles. The zero-order chi connectivity index (χ0) is 20.4. The zero-order valence-electron chi connectivity index (χ0n) is 16.6. The van der Waals surface area contributed by atoms with E-state index in [9.17, 15) is 9.59 Å². The van der Waals surface area contributed by atoms with Crippen LogP contribution in [0.5, 0.6) is 0 Å². The highest BCUT2D eigenvalue weighted by Crippen LogP contribution is 2.30. The van der Waals surface area contributed by atoms with Gasteiger partial charge >= 0.3 is 5.63 Å². The molecule has 6 nitrogen and oxygen atoms in total. The largest absolute Gasteiger partial charge is 0.420 e. The number of carbonyl (C=O) groups is 1. The highest BCUT2D eigenvalue weighted by atomic mass is 16.4. The van der Waals surface area contributed by atoms with Crippen LogP contribution < -0.4 is 16.3 Å². The summed E-state index contributed by atoms with van der Waals surface area (Å²) in [5.41, 5.74) is 8.89. The van der Waals surface area contributed by atoms with E-state index in [2.05, 4.69) is 34.1 Å². The molecule has 150 valence electrons. The zero-order valence-corrected chi connectivity index (χ0v) is 16.6. The third-order valence-electron chi connectivity index (χ3n) is 5.50. The van der Waals surface area contributed by atoms with E-state index in [-0.39, 0.29) is 6.42 Å². The number of piperazine rings is 1. The molecule has 2 aromatic carbocycles. The van der Waals surface area contributed by atoms with Crippen LogP contribution in [0.25, 0.3) is 11.0 Å². The van der Waals surface area contributed by atoms with E-state index in [1.807, 2.05) is 25.1 Å². The topological polar surface area (TPSA) is 79.8 Å². The van der Waals surface area contributed by atoms with Crippen LogP contribution in [0.2, 0.25) is 0 Å². The number of hydrogen-bond acceptors (Lipinski definition) is 5. The monoisotopic (exact) mass is 391 g/mol. The Morgan fingerprint density at radius 3 is 2.48 bits per heavy atom. The van der Waals surface area contributed by atoms with Crippen LogP contribution in [0.15, 0.2) is 57.7 Å². The van der Waals surface area contributed by atoms with E-state index in [4.69, 9.17) is 10.2 Å². The molecule has 1 saturated heterocycles. The SMILES string of the molecule is Cc1ccc(N2CCN(Cc3ccccc3)CC2)c2oc(=O)c(CC(N)=O)cc12. The number of anilines is 1. The average Bonchev–Trinajstić information content (AvgIpc) is 2.71. The number of rotatable bonds is 5. The lowest BCUT2D eigenvalue weighted by Gasteiger charge is -2.36. The molecule has 1 aromatic heterocycles. The first-order valence-electron chi connectivity index (χ1n) is 9.87. The maximum Gasteiger partial charge on any atom is 0.340 e. The maximum atomic E-state index is 12.4. The van der Waals surface area contributed by atoms with Gasteiger partial charge in [0.25, 0.3) is 0 Å². The minimum absolute atomic E-state index is 0.111. The summed E-state index contributed by atoms with van der Waals surface area (Å²) in [6.45, 7) is 6.50. The van der Waals surface area contributed by atoms with Crippen molar-refractivity contribution in [3.8, 4) is 0 Å². The molecule has 3 aromatic rings. The number of carbonyl (C=O) groups excluding carboxylic acids is 1. The van der Waals surface area contributed by atoms with E-state index in [0.29, 0.717) is 11.1 Å². The second-order valence-electron chi connectivity index (χ2n) is 7.60. The second kappa shape index (κ2) is 8.09. The van der Waals surface area contributed by atoms with E-state index >= 15 is 0 Å². The molecule has 2 heterocycles. The molecule has 0 spiro atoms. The van der Waals surface area contributed by atoms with Crippen LogP contribution in [-0.2, 0) is 17.8 Å². The van der Waals surface area contributed by atoms with Crippen molar-refractivity contribution in [2.75, 3.05) is 31.1 Å². The number of hydrogen-bond donors (Lipinski definition) is 1. The van der Waals surface area contributed by atoms with Crippen molar-refractivity contribution >= 4 is 22.6 Å². The molecule has 1 aliphatic rings. The summed E-state index contributed by atoms with van der Waals surface area (Å²) in [4.78, 5) is 28.3. The third kappa shape index (κ3) is 4.17. The predicted octanol–water partition coefficient (Wildman–Crippen LogP) is 2.45. The normalized spacial score (nSPS) is 15.0. The minimum atomic E-state index is -0.542. The smallest absolute Gasteiger partial charge is 0.340 e. The van der Waals surface area contributed by atoms with Crippen molar-refractivity contribution in [3.63, 3.8) is 0 Å². The van der Waals surface area contributed by atoms with E-state index in [0.717, 1.165) is 49.4 Å². The van der Waals surface area contributed by atoms with Gasteiger partial charge in [-0.2, -0.15) is 0 Å². The standard InChI is InChI=1S/C23H25N3O3/c1-16-7-8-20(22-19(16)13-18(14-21(24)27)23(28)29-22)26-11-9-25(10-12-26)15-17-5-3-2-4-6-17/h2-8,13H,9-12,14-15H2,1H3,(H2,24,27). The van der Waals surface area contributed by atoms with Gasteiger partial charge < -0.3 is 15.1 Å². The van der Waals surface area contributed by atoms with Crippen LogP contribution in [0.3, 0.4) is 0 Å². The Hall–Kier alpha value is -3.12.